The third-order valence-corrected chi connectivity index (χ3v) is 3.78. The Morgan fingerprint density at radius 1 is 1.22 bits per heavy atom. The number of benzene rings is 1. The number of Topliss-reactive ketones (excluding diaryl/α,β-unsaturated/α-hetero) is 1. The summed E-state index contributed by atoms with van der Waals surface area (Å²) in [5, 5.41) is 2.75. The summed E-state index contributed by atoms with van der Waals surface area (Å²) in [5.41, 5.74) is -0.635. The fourth-order valence-corrected chi connectivity index (χ4v) is 2.85. The van der Waals surface area contributed by atoms with E-state index in [1.165, 1.54) is 6.92 Å². The quantitative estimate of drug-likeness (QED) is 0.668. The summed E-state index contributed by atoms with van der Waals surface area (Å²) < 4.78 is 5.20. The van der Waals surface area contributed by atoms with E-state index in [0.29, 0.717) is 6.42 Å². The van der Waals surface area contributed by atoms with Gasteiger partial charge in [0.2, 0.25) is 5.91 Å². The number of hydrogen-bond donors (Lipinski definition) is 1. The monoisotopic (exact) mass is 317 g/mol. The summed E-state index contributed by atoms with van der Waals surface area (Å²) >= 11 is 0. The zero-order chi connectivity index (χ0) is 17.3. The number of carbonyl (C=O) groups is 3. The van der Waals surface area contributed by atoms with Gasteiger partial charge in [0.1, 0.15) is 17.6 Å². The molecule has 1 unspecified atom stereocenters. The number of carbonyl (C=O) groups excluding carboxylic acids is 3. The van der Waals surface area contributed by atoms with Crippen molar-refractivity contribution >= 4 is 17.7 Å². The van der Waals surface area contributed by atoms with Crippen molar-refractivity contribution in [1.82, 2.24) is 5.32 Å². The van der Waals surface area contributed by atoms with Crippen LogP contribution in [0.5, 0.6) is 0 Å². The molecule has 1 aliphatic rings. The summed E-state index contributed by atoms with van der Waals surface area (Å²) in [6.07, 6.45) is 0.180. The Hall–Kier alpha value is -2.17. The molecule has 0 spiro atoms. The maximum absolute atomic E-state index is 12.6. The van der Waals surface area contributed by atoms with Crippen LogP contribution < -0.4 is 5.32 Å². The Morgan fingerprint density at radius 2 is 1.83 bits per heavy atom. The number of rotatable bonds is 5. The van der Waals surface area contributed by atoms with Crippen LogP contribution in [0.1, 0.15) is 52.0 Å². The van der Waals surface area contributed by atoms with Gasteiger partial charge in [-0.15, -0.1) is 0 Å². The van der Waals surface area contributed by atoms with Gasteiger partial charge in [0, 0.05) is 12.8 Å². The zero-order valence-corrected chi connectivity index (χ0v) is 14.0. The van der Waals surface area contributed by atoms with Crippen molar-refractivity contribution in [2.75, 3.05) is 0 Å². The highest BCUT2D eigenvalue weighted by atomic mass is 16.6. The molecule has 0 saturated heterocycles. The molecule has 1 amide bonds. The lowest BCUT2D eigenvalue weighted by molar-refractivity contribution is -0.156. The molecule has 0 radical (unpaired) electrons. The summed E-state index contributed by atoms with van der Waals surface area (Å²) in [4.78, 5) is 36.1. The lowest BCUT2D eigenvalue weighted by Gasteiger charge is -2.21. The van der Waals surface area contributed by atoms with Crippen LogP contribution in [0, 0.1) is 0 Å². The van der Waals surface area contributed by atoms with E-state index in [4.69, 9.17) is 4.74 Å². The van der Waals surface area contributed by atoms with Gasteiger partial charge in [-0.3, -0.25) is 14.4 Å². The fraction of sp³-hybridized carbons (Fsp3) is 0.500. The summed E-state index contributed by atoms with van der Waals surface area (Å²) in [6, 6.07) is 9.54. The minimum Gasteiger partial charge on any atom is -0.460 e. The first kappa shape index (κ1) is 17.2. The van der Waals surface area contributed by atoms with Gasteiger partial charge < -0.3 is 10.1 Å². The normalized spacial score (nSPS) is 23.0. The van der Waals surface area contributed by atoms with Crippen molar-refractivity contribution in [1.29, 1.82) is 0 Å². The molecule has 0 bridgehead atoms. The second kappa shape index (κ2) is 6.14. The smallest absolute Gasteiger partial charge is 0.313 e. The Kier molecular flexibility index (Phi) is 4.59. The highest BCUT2D eigenvalue weighted by Crippen LogP contribution is 2.52. The molecule has 1 fully saturated rings. The van der Waals surface area contributed by atoms with Gasteiger partial charge in [0.05, 0.1) is 0 Å². The van der Waals surface area contributed by atoms with Crippen LogP contribution in [0.2, 0.25) is 0 Å². The molecule has 1 saturated carbocycles. The van der Waals surface area contributed by atoms with E-state index in [0.717, 1.165) is 5.56 Å². The third-order valence-electron chi connectivity index (χ3n) is 3.78. The average molecular weight is 317 g/mol. The lowest BCUT2D eigenvalue weighted by Crippen LogP contribution is -2.44. The average Bonchev–Trinajstić information content (AvgIpc) is 3.12. The molecular formula is C18H23NO4. The van der Waals surface area contributed by atoms with Crippen LogP contribution in [0.3, 0.4) is 0 Å². The van der Waals surface area contributed by atoms with Crippen LogP contribution in [0.4, 0.5) is 0 Å². The largest absolute Gasteiger partial charge is 0.460 e. The molecular weight excluding hydrogens is 294 g/mol. The van der Waals surface area contributed by atoms with E-state index < -0.39 is 17.1 Å². The molecule has 1 aliphatic carbocycles. The van der Waals surface area contributed by atoms with E-state index in [9.17, 15) is 14.4 Å². The van der Waals surface area contributed by atoms with Crippen LogP contribution in [0.25, 0.3) is 0 Å². The van der Waals surface area contributed by atoms with Crippen LogP contribution >= 0.6 is 0 Å². The van der Waals surface area contributed by atoms with E-state index in [1.54, 1.807) is 20.8 Å². The molecule has 0 aromatic heterocycles. The van der Waals surface area contributed by atoms with E-state index in [1.807, 2.05) is 30.3 Å². The first-order valence-corrected chi connectivity index (χ1v) is 7.73. The Balaban J connectivity index is 2.13. The lowest BCUT2D eigenvalue weighted by atomic mass is 10.00. The molecule has 0 heterocycles. The minimum atomic E-state index is -0.982. The van der Waals surface area contributed by atoms with Gasteiger partial charge in [-0.05, 0) is 32.8 Å². The number of ketones is 1. The second-order valence-electron chi connectivity index (χ2n) is 7.01. The van der Waals surface area contributed by atoms with Gasteiger partial charge in [-0.1, -0.05) is 30.3 Å². The van der Waals surface area contributed by atoms with E-state index in [-0.39, 0.29) is 24.0 Å². The predicted octanol–water partition coefficient (Wildman–Crippen LogP) is 2.35. The Bertz CT molecular complexity index is 618. The molecule has 124 valence electrons. The molecule has 5 heteroatoms. The van der Waals surface area contributed by atoms with Crippen molar-refractivity contribution in [3.63, 3.8) is 0 Å². The van der Waals surface area contributed by atoms with E-state index in [2.05, 4.69) is 5.32 Å². The fourth-order valence-electron chi connectivity index (χ4n) is 2.85. The SMILES string of the molecule is CC(=O)N[C@@]1(C(=O)CC(=O)OC(C)(C)C)CC1c1ccccc1. The molecule has 5 nitrogen and oxygen atoms in total. The van der Waals surface area contributed by atoms with Crippen molar-refractivity contribution in [3.05, 3.63) is 35.9 Å². The van der Waals surface area contributed by atoms with Crippen molar-refractivity contribution in [2.24, 2.45) is 0 Å². The van der Waals surface area contributed by atoms with E-state index >= 15 is 0 Å². The summed E-state index contributed by atoms with van der Waals surface area (Å²) in [6.45, 7) is 6.64. The maximum Gasteiger partial charge on any atom is 0.313 e. The summed E-state index contributed by atoms with van der Waals surface area (Å²) in [7, 11) is 0. The molecule has 0 aliphatic heterocycles. The van der Waals surface area contributed by atoms with Gasteiger partial charge >= 0.3 is 5.97 Å². The molecule has 1 aromatic rings. The molecule has 2 rings (SSSR count). The highest BCUT2D eigenvalue weighted by Gasteiger charge is 2.61. The van der Waals surface area contributed by atoms with Crippen molar-refractivity contribution < 1.29 is 19.1 Å². The van der Waals surface area contributed by atoms with Crippen molar-refractivity contribution in [2.45, 2.75) is 57.6 Å². The first-order chi connectivity index (χ1) is 10.6. The summed E-state index contributed by atoms with van der Waals surface area (Å²) in [5.74, 6) is -1.23. The Morgan fingerprint density at radius 3 is 2.35 bits per heavy atom. The Labute approximate surface area is 136 Å². The van der Waals surface area contributed by atoms with Crippen molar-refractivity contribution in [3.8, 4) is 0 Å². The molecule has 1 aromatic carbocycles. The minimum absolute atomic E-state index is 0.0949. The van der Waals surface area contributed by atoms with Crippen LogP contribution in [-0.4, -0.2) is 28.8 Å². The van der Waals surface area contributed by atoms with Crippen LogP contribution in [-0.2, 0) is 19.1 Å². The third kappa shape index (κ3) is 4.18. The maximum atomic E-state index is 12.6. The molecule has 23 heavy (non-hydrogen) atoms. The zero-order valence-electron chi connectivity index (χ0n) is 14.0. The van der Waals surface area contributed by atoms with Gasteiger partial charge in [-0.2, -0.15) is 0 Å². The standard InChI is InChI=1S/C18H23NO4/c1-12(20)19-18(11-14(18)13-8-6-5-7-9-13)15(21)10-16(22)23-17(2,3)4/h5-9,14H,10-11H2,1-4H3,(H,19,20)/t14?,18-/m0/s1. The van der Waals surface area contributed by atoms with Gasteiger partial charge in [-0.25, -0.2) is 0 Å². The number of amides is 1. The molecule has 2 atom stereocenters. The second-order valence-corrected chi connectivity index (χ2v) is 7.01. The van der Waals surface area contributed by atoms with Gasteiger partial charge in [0.15, 0.2) is 5.78 Å². The number of ether oxygens (including phenoxy) is 1. The number of hydrogen-bond acceptors (Lipinski definition) is 4. The first-order valence-electron chi connectivity index (χ1n) is 7.73. The predicted molar refractivity (Wildman–Crippen MR) is 85.8 cm³/mol. The topological polar surface area (TPSA) is 72.5 Å². The highest BCUT2D eigenvalue weighted by molar-refractivity contribution is 6.05. The number of nitrogens with one attached hydrogen (secondary N) is 1. The van der Waals surface area contributed by atoms with Gasteiger partial charge in [0.25, 0.3) is 0 Å². The number of esters is 1. The molecule has 1 N–H and O–H groups in total. The van der Waals surface area contributed by atoms with Crippen LogP contribution in [0.15, 0.2) is 30.3 Å².